The van der Waals surface area contributed by atoms with Gasteiger partial charge in [-0.15, -0.1) is 5.10 Å². The Kier molecular flexibility index (Phi) is 5.26. The van der Waals surface area contributed by atoms with Gasteiger partial charge < -0.3 is 9.32 Å². The molecule has 0 aromatic carbocycles. The first-order valence-electron chi connectivity index (χ1n) is 7.55. The van der Waals surface area contributed by atoms with E-state index >= 15 is 0 Å². The third-order valence-electron chi connectivity index (χ3n) is 3.79. The maximum Gasteiger partial charge on any atom is 0.233 e. The average molecular weight is 350 g/mol. The van der Waals surface area contributed by atoms with Crippen molar-refractivity contribution in [2.24, 2.45) is 7.05 Å². The van der Waals surface area contributed by atoms with E-state index in [1.165, 1.54) is 22.7 Å². The zero-order chi connectivity index (χ0) is 16.9. The molecule has 1 saturated heterocycles. The fourth-order valence-electron chi connectivity index (χ4n) is 2.43. The van der Waals surface area contributed by atoms with Crippen LogP contribution in [0.2, 0.25) is 0 Å². The quantitative estimate of drug-likeness (QED) is 0.527. The van der Waals surface area contributed by atoms with Crippen molar-refractivity contribution in [3.8, 4) is 0 Å². The van der Waals surface area contributed by atoms with Gasteiger partial charge in [0, 0.05) is 33.2 Å². The average Bonchev–Trinajstić information content (AvgIpc) is 3.25. The number of rotatable bonds is 6. The van der Waals surface area contributed by atoms with Gasteiger partial charge in [-0.05, 0) is 22.6 Å². The number of hydrogen-bond acceptors (Lipinski definition) is 8. The fraction of sp³-hybridized carbons (Fsp3) is 0.500. The number of aromatic nitrogens is 4. The molecule has 128 valence electrons. The Morgan fingerprint density at radius 2 is 2.08 bits per heavy atom. The van der Waals surface area contributed by atoms with Gasteiger partial charge in [0.1, 0.15) is 0 Å². The lowest BCUT2D eigenvalue weighted by Gasteiger charge is -2.34. The molecule has 2 aromatic rings. The summed E-state index contributed by atoms with van der Waals surface area (Å²) in [6.07, 6.45) is 1.49. The lowest BCUT2D eigenvalue weighted by Crippen LogP contribution is -2.50. The maximum absolute atomic E-state index is 12.2. The Bertz CT molecular complexity index is 693. The Labute approximate surface area is 143 Å². The second kappa shape index (κ2) is 7.58. The lowest BCUT2D eigenvalue weighted by atomic mass is 10.2. The van der Waals surface area contributed by atoms with Crippen LogP contribution in [0.4, 0.5) is 0 Å². The van der Waals surface area contributed by atoms with Crippen molar-refractivity contribution in [3.05, 3.63) is 24.2 Å². The molecule has 2 aromatic heterocycles. The first-order chi connectivity index (χ1) is 11.6. The van der Waals surface area contributed by atoms with Crippen molar-refractivity contribution < 1.29 is 14.0 Å². The van der Waals surface area contributed by atoms with E-state index in [0.717, 1.165) is 0 Å². The molecule has 3 rings (SSSR count). The van der Waals surface area contributed by atoms with Crippen molar-refractivity contribution in [2.75, 3.05) is 38.5 Å². The number of carbonyl (C=O) groups is 2. The number of furan rings is 1. The van der Waals surface area contributed by atoms with Crippen LogP contribution in [0.15, 0.2) is 28.0 Å². The third-order valence-corrected chi connectivity index (χ3v) is 4.79. The normalized spacial score (nSPS) is 15.6. The van der Waals surface area contributed by atoms with Gasteiger partial charge in [-0.2, -0.15) is 0 Å². The predicted octanol–water partition coefficient (Wildman–Crippen LogP) is -0.0777. The number of hydrogen-bond donors (Lipinski definition) is 0. The largest absolute Gasteiger partial charge is 0.461 e. The molecule has 0 spiro atoms. The molecule has 9 nitrogen and oxygen atoms in total. The third kappa shape index (κ3) is 4.01. The van der Waals surface area contributed by atoms with Crippen LogP contribution >= 0.6 is 11.8 Å². The van der Waals surface area contributed by atoms with Gasteiger partial charge in [0.05, 0.1) is 18.6 Å². The Balaban J connectivity index is 1.42. The first kappa shape index (κ1) is 16.7. The van der Waals surface area contributed by atoms with Crippen molar-refractivity contribution in [1.82, 2.24) is 30.0 Å². The zero-order valence-corrected chi connectivity index (χ0v) is 14.1. The van der Waals surface area contributed by atoms with Crippen LogP contribution in [0.1, 0.15) is 10.6 Å². The zero-order valence-electron chi connectivity index (χ0n) is 13.3. The molecule has 1 aliphatic rings. The van der Waals surface area contributed by atoms with Gasteiger partial charge in [0.25, 0.3) is 0 Å². The summed E-state index contributed by atoms with van der Waals surface area (Å²) in [6.45, 7) is 2.89. The summed E-state index contributed by atoms with van der Waals surface area (Å²) in [7, 11) is 1.74. The van der Waals surface area contributed by atoms with E-state index < -0.39 is 0 Å². The molecule has 0 radical (unpaired) electrons. The van der Waals surface area contributed by atoms with Gasteiger partial charge in [-0.25, -0.2) is 4.68 Å². The summed E-state index contributed by atoms with van der Waals surface area (Å²) in [5.74, 6) is 0.701. The first-order valence-corrected chi connectivity index (χ1v) is 8.54. The molecule has 24 heavy (non-hydrogen) atoms. The molecule has 0 saturated carbocycles. The van der Waals surface area contributed by atoms with Gasteiger partial charge in [-0.3, -0.25) is 14.5 Å². The summed E-state index contributed by atoms with van der Waals surface area (Å²) < 4.78 is 6.65. The van der Waals surface area contributed by atoms with E-state index in [4.69, 9.17) is 4.42 Å². The number of ketones is 1. The number of aryl methyl sites for hydroxylation is 1. The van der Waals surface area contributed by atoms with Crippen LogP contribution in [0.5, 0.6) is 0 Å². The molecular formula is C14H18N6O3S. The SMILES string of the molecule is Cn1nnnc1SCC(=O)N1CCN(CC(=O)c2ccco2)CC1. The minimum Gasteiger partial charge on any atom is -0.461 e. The van der Waals surface area contributed by atoms with E-state index in [0.29, 0.717) is 49.4 Å². The summed E-state index contributed by atoms with van der Waals surface area (Å²) in [6, 6.07) is 3.37. The van der Waals surface area contributed by atoms with E-state index in [9.17, 15) is 9.59 Å². The molecule has 10 heteroatoms. The topological polar surface area (TPSA) is 97.4 Å². The smallest absolute Gasteiger partial charge is 0.233 e. The van der Waals surface area contributed by atoms with Crippen molar-refractivity contribution >= 4 is 23.5 Å². The molecule has 1 aliphatic heterocycles. The monoisotopic (exact) mass is 350 g/mol. The van der Waals surface area contributed by atoms with Crippen molar-refractivity contribution in [3.63, 3.8) is 0 Å². The highest BCUT2D eigenvalue weighted by Crippen LogP contribution is 2.14. The number of amides is 1. The van der Waals surface area contributed by atoms with Crippen molar-refractivity contribution in [2.45, 2.75) is 5.16 Å². The standard InChI is InChI=1S/C14H18N6O3S/c1-18-14(15-16-17-18)24-10-13(22)20-6-4-19(5-7-20)9-11(21)12-3-2-8-23-12/h2-3,8H,4-7,9-10H2,1H3. The molecule has 1 amide bonds. The van der Waals surface area contributed by atoms with Crippen LogP contribution in [-0.2, 0) is 11.8 Å². The highest BCUT2D eigenvalue weighted by atomic mass is 32.2. The number of Topliss-reactive ketones (excluding diaryl/α,β-unsaturated/α-hetero) is 1. The van der Waals surface area contributed by atoms with E-state index in [-0.39, 0.29) is 11.7 Å². The van der Waals surface area contributed by atoms with Crippen molar-refractivity contribution in [1.29, 1.82) is 0 Å². The molecule has 1 fully saturated rings. The van der Waals surface area contributed by atoms with Crippen LogP contribution in [0.25, 0.3) is 0 Å². The summed E-state index contributed by atoms with van der Waals surface area (Å²) in [5, 5.41) is 11.7. The van der Waals surface area contributed by atoms with Crippen LogP contribution in [0.3, 0.4) is 0 Å². The molecule has 3 heterocycles. The predicted molar refractivity (Wildman–Crippen MR) is 85.6 cm³/mol. The minimum atomic E-state index is -0.0369. The van der Waals surface area contributed by atoms with E-state index in [1.54, 1.807) is 19.2 Å². The fourth-order valence-corrected chi connectivity index (χ4v) is 3.19. The summed E-state index contributed by atoms with van der Waals surface area (Å²) in [5.41, 5.74) is 0. The Hall–Kier alpha value is -2.20. The van der Waals surface area contributed by atoms with Crippen LogP contribution in [0, 0.1) is 0 Å². The summed E-state index contributed by atoms with van der Waals surface area (Å²) >= 11 is 1.32. The second-order valence-electron chi connectivity index (χ2n) is 5.43. The second-order valence-corrected chi connectivity index (χ2v) is 6.37. The number of tetrazole rings is 1. The number of nitrogens with zero attached hydrogens (tertiary/aromatic N) is 6. The molecule has 0 unspecified atom stereocenters. The van der Waals surface area contributed by atoms with E-state index in [2.05, 4.69) is 15.5 Å². The lowest BCUT2D eigenvalue weighted by molar-refractivity contribution is -0.129. The van der Waals surface area contributed by atoms with Crippen LogP contribution in [-0.4, -0.2) is 80.2 Å². The highest BCUT2D eigenvalue weighted by molar-refractivity contribution is 7.99. The number of piperazine rings is 1. The maximum atomic E-state index is 12.2. The molecule has 0 bridgehead atoms. The molecule has 0 N–H and O–H groups in total. The molecular weight excluding hydrogens is 332 g/mol. The van der Waals surface area contributed by atoms with Gasteiger partial charge in [-0.1, -0.05) is 11.8 Å². The van der Waals surface area contributed by atoms with Gasteiger partial charge in [0.2, 0.25) is 16.8 Å². The van der Waals surface area contributed by atoms with E-state index in [1.807, 2.05) is 9.80 Å². The van der Waals surface area contributed by atoms with Gasteiger partial charge >= 0.3 is 0 Å². The molecule has 0 atom stereocenters. The summed E-state index contributed by atoms with van der Waals surface area (Å²) in [4.78, 5) is 28.1. The highest BCUT2D eigenvalue weighted by Gasteiger charge is 2.23. The van der Waals surface area contributed by atoms with Crippen LogP contribution < -0.4 is 0 Å². The Morgan fingerprint density at radius 3 is 2.71 bits per heavy atom. The Morgan fingerprint density at radius 1 is 1.29 bits per heavy atom. The minimum absolute atomic E-state index is 0.0369. The number of carbonyl (C=O) groups excluding carboxylic acids is 2. The number of thioether (sulfide) groups is 1. The molecule has 0 aliphatic carbocycles. The van der Waals surface area contributed by atoms with Gasteiger partial charge in [0.15, 0.2) is 5.76 Å².